The molecule has 0 radical (unpaired) electrons. The average molecular weight is 480 g/mol. The van der Waals surface area contributed by atoms with Gasteiger partial charge in [0.15, 0.2) is 15.8 Å². The monoisotopic (exact) mass is 479 g/mol. The highest BCUT2D eigenvalue weighted by atomic mass is 79.9. The third-order valence-corrected chi connectivity index (χ3v) is 5.98. The lowest BCUT2D eigenvalue weighted by atomic mass is 10.1. The molecule has 0 atom stereocenters. The summed E-state index contributed by atoms with van der Waals surface area (Å²) in [5.41, 5.74) is 1.51. The highest BCUT2D eigenvalue weighted by Crippen LogP contribution is 2.39. The number of benzene rings is 2. The van der Waals surface area contributed by atoms with Crippen molar-refractivity contribution in [3.63, 3.8) is 0 Å². The second kappa shape index (κ2) is 8.98. The van der Waals surface area contributed by atoms with Gasteiger partial charge in [0.1, 0.15) is 5.75 Å². The first-order valence-corrected chi connectivity index (χ1v) is 10.4. The first-order chi connectivity index (χ1) is 13.5. The number of nitrogens with zero attached hydrogens (tertiary/aromatic N) is 1. The average Bonchev–Trinajstić information content (AvgIpc) is 2.97. The Bertz CT molecular complexity index is 944. The van der Waals surface area contributed by atoms with Crippen LogP contribution in [-0.2, 0) is 4.79 Å². The van der Waals surface area contributed by atoms with Gasteiger partial charge < -0.3 is 14.2 Å². The van der Waals surface area contributed by atoms with Crippen LogP contribution in [-0.4, -0.2) is 31.1 Å². The van der Waals surface area contributed by atoms with Crippen molar-refractivity contribution in [1.82, 2.24) is 0 Å². The highest BCUT2D eigenvalue weighted by Gasteiger charge is 2.33. The van der Waals surface area contributed by atoms with E-state index in [-0.39, 0.29) is 5.91 Å². The zero-order chi connectivity index (χ0) is 20.3. The number of rotatable bonds is 6. The molecule has 0 spiro atoms. The van der Waals surface area contributed by atoms with Gasteiger partial charge in [-0.25, -0.2) is 0 Å². The molecule has 5 nitrogen and oxygen atoms in total. The molecule has 1 aliphatic rings. The van der Waals surface area contributed by atoms with Crippen molar-refractivity contribution in [3.05, 3.63) is 51.3 Å². The summed E-state index contributed by atoms with van der Waals surface area (Å²) in [5, 5.41) is 0. The summed E-state index contributed by atoms with van der Waals surface area (Å²) in [5.74, 6) is 1.79. The van der Waals surface area contributed by atoms with Crippen molar-refractivity contribution >= 4 is 61.9 Å². The van der Waals surface area contributed by atoms with Crippen LogP contribution in [0.1, 0.15) is 12.5 Å². The first-order valence-electron chi connectivity index (χ1n) is 8.40. The Morgan fingerprint density at radius 2 is 1.86 bits per heavy atom. The predicted octanol–water partition coefficient (Wildman–Crippen LogP) is 5.27. The molecule has 1 aliphatic heterocycles. The molecule has 1 saturated heterocycles. The summed E-state index contributed by atoms with van der Waals surface area (Å²) in [6.07, 6.45) is 1.80. The Balaban J connectivity index is 1.93. The van der Waals surface area contributed by atoms with E-state index in [0.29, 0.717) is 33.0 Å². The topological polar surface area (TPSA) is 48.0 Å². The standard InChI is InChI=1S/C20H18BrNO4S2/c1-4-26-17-11-15(21)12(9-16(17)25-3)10-18-19(23)22(20(27)28-18)13-5-7-14(24-2)8-6-13/h5-11H,4H2,1-3H3/b18-10+. The fourth-order valence-corrected chi connectivity index (χ4v) is 4.38. The van der Waals surface area contributed by atoms with Gasteiger partial charge in [-0.15, -0.1) is 0 Å². The van der Waals surface area contributed by atoms with Gasteiger partial charge >= 0.3 is 0 Å². The zero-order valence-corrected chi connectivity index (χ0v) is 18.7. The molecule has 8 heteroatoms. The highest BCUT2D eigenvalue weighted by molar-refractivity contribution is 9.10. The van der Waals surface area contributed by atoms with Crippen molar-refractivity contribution in [2.24, 2.45) is 0 Å². The van der Waals surface area contributed by atoms with Gasteiger partial charge in [-0.3, -0.25) is 9.69 Å². The van der Waals surface area contributed by atoms with Crippen LogP contribution in [0.4, 0.5) is 5.69 Å². The number of methoxy groups -OCH3 is 2. The van der Waals surface area contributed by atoms with Gasteiger partial charge in [0.25, 0.3) is 5.91 Å². The van der Waals surface area contributed by atoms with Crippen molar-refractivity contribution < 1.29 is 19.0 Å². The molecule has 2 aromatic rings. The van der Waals surface area contributed by atoms with Gasteiger partial charge in [-0.1, -0.05) is 39.9 Å². The summed E-state index contributed by atoms with van der Waals surface area (Å²) in [6.45, 7) is 2.44. The minimum atomic E-state index is -0.167. The molecule has 1 fully saturated rings. The molecule has 28 heavy (non-hydrogen) atoms. The smallest absolute Gasteiger partial charge is 0.270 e. The number of hydrogen-bond acceptors (Lipinski definition) is 6. The van der Waals surface area contributed by atoms with E-state index in [9.17, 15) is 4.79 Å². The first kappa shape index (κ1) is 20.7. The molecule has 1 heterocycles. The van der Waals surface area contributed by atoms with E-state index < -0.39 is 0 Å². The SMILES string of the molecule is CCOc1cc(Br)c(/C=C2/SC(=S)N(c3ccc(OC)cc3)C2=O)cc1OC. The van der Waals surface area contributed by atoms with Gasteiger partial charge in [0, 0.05) is 4.47 Å². The van der Waals surface area contributed by atoms with Crippen molar-refractivity contribution in [2.45, 2.75) is 6.92 Å². The summed E-state index contributed by atoms with van der Waals surface area (Å²) in [6, 6.07) is 10.9. The van der Waals surface area contributed by atoms with Crippen LogP contribution >= 0.6 is 39.9 Å². The Kier molecular flexibility index (Phi) is 6.64. The van der Waals surface area contributed by atoms with Crippen LogP contribution in [0.5, 0.6) is 17.2 Å². The second-order valence-electron chi connectivity index (χ2n) is 5.67. The predicted molar refractivity (Wildman–Crippen MR) is 121 cm³/mol. The van der Waals surface area contributed by atoms with Crippen molar-refractivity contribution in [1.29, 1.82) is 0 Å². The third-order valence-electron chi connectivity index (χ3n) is 3.99. The molecule has 0 saturated carbocycles. The summed E-state index contributed by atoms with van der Waals surface area (Å²) < 4.78 is 17.4. The fourth-order valence-electron chi connectivity index (χ4n) is 2.65. The number of amides is 1. The van der Waals surface area contributed by atoms with E-state index >= 15 is 0 Å². The fraction of sp³-hybridized carbons (Fsp3) is 0.200. The number of ether oxygens (including phenoxy) is 3. The minimum absolute atomic E-state index is 0.167. The van der Waals surface area contributed by atoms with Crippen molar-refractivity contribution in [3.8, 4) is 17.2 Å². The second-order valence-corrected chi connectivity index (χ2v) is 8.20. The Hall–Kier alpha value is -2.03. The molecule has 2 aromatic carbocycles. The van der Waals surface area contributed by atoms with Crippen LogP contribution in [0, 0.1) is 0 Å². The molecule has 0 unspecified atom stereocenters. The molecule has 0 bridgehead atoms. The number of anilines is 1. The summed E-state index contributed by atoms with van der Waals surface area (Å²) >= 11 is 10.2. The maximum Gasteiger partial charge on any atom is 0.270 e. The Morgan fingerprint density at radius 1 is 1.14 bits per heavy atom. The molecule has 0 aromatic heterocycles. The van der Waals surface area contributed by atoms with Crippen LogP contribution in [0.3, 0.4) is 0 Å². The lowest BCUT2D eigenvalue weighted by molar-refractivity contribution is -0.113. The quantitative estimate of drug-likeness (QED) is 0.415. The number of hydrogen-bond donors (Lipinski definition) is 0. The van der Waals surface area contributed by atoms with Gasteiger partial charge in [-0.2, -0.15) is 0 Å². The van der Waals surface area contributed by atoms with E-state index in [4.69, 9.17) is 26.4 Å². The zero-order valence-electron chi connectivity index (χ0n) is 15.5. The Labute approximate surface area is 181 Å². The van der Waals surface area contributed by atoms with Gasteiger partial charge in [-0.05, 0) is 55.0 Å². The number of halogens is 1. The molecule has 1 amide bonds. The normalized spacial score (nSPS) is 15.3. The maximum atomic E-state index is 13.0. The minimum Gasteiger partial charge on any atom is -0.497 e. The van der Waals surface area contributed by atoms with E-state index in [0.717, 1.165) is 15.8 Å². The lowest BCUT2D eigenvalue weighted by Crippen LogP contribution is -2.27. The largest absolute Gasteiger partial charge is 0.497 e. The molecule has 3 rings (SSSR count). The molecule has 0 N–H and O–H groups in total. The van der Waals surface area contributed by atoms with E-state index in [2.05, 4.69) is 15.9 Å². The van der Waals surface area contributed by atoms with Crippen LogP contribution in [0.2, 0.25) is 0 Å². The molecule has 0 aliphatic carbocycles. The lowest BCUT2D eigenvalue weighted by Gasteiger charge is -2.14. The van der Waals surface area contributed by atoms with Gasteiger partial charge in [0.2, 0.25) is 0 Å². The number of carbonyl (C=O) groups is 1. The van der Waals surface area contributed by atoms with Crippen LogP contribution < -0.4 is 19.1 Å². The molecular formula is C20H18BrNO4S2. The number of thioether (sulfide) groups is 1. The number of thiocarbonyl (C=S) groups is 1. The summed E-state index contributed by atoms with van der Waals surface area (Å²) in [7, 11) is 3.18. The van der Waals surface area contributed by atoms with E-state index in [1.54, 1.807) is 32.4 Å². The van der Waals surface area contributed by atoms with Crippen LogP contribution in [0.25, 0.3) is 6.08 Å². The van der Waals surface area contributed by atoms with E-state index in [1.165, 1.54) is 16.7 Å². The molecule has 146 valence electrons. The maximum absolute atomic E-state index is 13.0. The number of carbonyl (C=O) groups excluding carboxylic acids is 1. The van der Waals surface area contributed by atoms with E-state index in [1.807, 2.05) is 31.2 Å². The van der Waals surface area contributed by atoms with Gasteiger partial charge in [0.05, 0.1) is 31.4 Å². The Morgan fingerprint density at radius 3 is 2.46 bits per heavy atom. The van der Waals surface area contributed by atoms with Crippen molar-refractivity contribution in [2.75, 3.05) is 25.7 Å². The summed E-state index contributed by atoms with van der Waals surface area (Å²) in [4.78, 5) is 15.0. The third kappa shape index (κ3) is 4.19. The molecular weight excluding hydrogens is 462 g/mol. The van der Waals surface area contributed by atoms with Crippen LogP contribution in [0.15, 0.2) is 45.8 Å².